The van der Waals surface area contributed by atoms with Gasteiger partial charge in [0.1, 0.15) is 0 Å². The highest BCUT2D eigenvalue weighted by Crippen LogP contribution is 2.24. The van der Waals surface area contributed by atoms with Crippen molar-refractivity contribution < 1.29 is 0 Å². The fourth-order valence-corrected chi connectivity index (χ4v) is 2.96. The number of nitriles is 1. The molecule has 0 spiro atoms. The average Bonchev–Trinajstić information content (AvgIpc) is 2.47. The summed E-state index contributed by atoms with van der Waals surface area (Å²) in [4.78, 5) is 2.47. The van der Waals surface area contributed by atoms with Crippen LogP contribution in [0, 0.1) is 11.3 Å². The molecule has 3 heteroatoms. The van der Waals surface area contributed by atoms with Crippen molar-refractivity contribution in [2.45, 2.75) is 37.6 Å². The zero-order chi connectivity index (χ0) is 13.5. The van der Waals surface area contributed by atoms with Gasteiger partial charge in [-0.25, -0.2) is 0 Å². The molecule has 1 heterocycles. The fraction of sp³-hybridized carbons (Fsp3) is 0.562. The Bertz CT molecular complexity index is 408. The quantitative estimate of drug-likeness (QED) is 0.881. The predicted octanol–water partition coefficient (Wildman–Crippen LogP) is 2.50. The third-order valence-corrected chi connectivity index (χ3v) is 4.02. The van der Waals surface area contributed by atoms with Crippen LogP contribution in [0.15, 0.2) is 30.3 Å². The van der Waals surface area contributed by atoms with Gasteiger partial charge in [0.25, 0.3) is 0 Å². The highest BCUT2D eigenvalue weighted by atomic mass is 15.2. The van der Waals surface area contributed by atoms with Crippen molar-refractivity contribution in [1.29, 1.82) is 5.26 Å². The summed E-state index contributed by atoms with van der Waals surface area (Å²) in [6, 6.07) is 13.1. The fourth-order valence-electron chi connectivity index (χ4n) is 2.96. The summed E-state index contributed by atoms with van der Waals surface area (Å²) in [5, 5.41) is 9.42. The summed E-state index contributed by atoms with van der Waals surface area (Å²) in [6.45, 7) is 2.69. The number of piperidine rings is 1. The topological polar surface area (TPSA) is 53.0 Å². The Balaban J connectivity index is 2.03. The normalized spacial score (nSPS) is 21.8. The summed E-state index contributed by atoms with van der Waals surface area (Å²) in [6.07, 6.45) is 4.81. The lowest BCUT2D eigenvalue weighted by molar-refractivity contribution is 0.139. The largest absolute Gasteiger partial charge is 0.330 e. The predicted molar refractivity (Wildman–Crippen MR) is 77.7 cm³/mol. The molecule has 0 amide bonds. The first-order valence-electron chi connectivity index (χ1n) is 7.24. The summed E-state index contributed by atoms with van der Waals surface area (Å²) >= 11 is 0. The summed E-state index contributed by atoms with van der Waals surface area (Å²) < 4.78 is 0. The van der Waals surface area contributed by atoms with Crippen LogP contribution in [0.1, 0.15) is 37.2 Å². The summed E-state index contributed by atoms with van der Waals surface area (Å²) in [5.41, 5.74) is 6.83. The molecule has 1 aromatic carbocycles. The van der Waals surface area contributed by atoms with E-state index in [1.54, 1.807) is 0 Å². The van der Waals surface area contributed by atoms with Gasteiger partial charge in [-0.1, -0.05) is 36.8 Å². The Hall–Kier alpha value is -1.37. The number of benzene rings is 1. The van der Waals surface area contributed by atoms with E-state index < -0.39 is 0 Å². The maximum absolute atomic E-state index is 9.42. The van der Waals surface area contributed by atoms with Gasteiger partial charge in [-0.3, -0.25) is 4.90 Å². The van der Waals surface area contributed by atoms with E-state index in [9.17, 15) is 5.26 Å². The lowest BCUT2D eigenvalue weighted by atomic mass is 9.95. The van der Waals surface area contributed by atoms with Crippen molar-refractivity contribution in [3.8, 4) is 6.07 Å². The van der Waals surface area contributed by atoms with Crippen LogP contribution in [0.3, 0.4) is 0 Å². The summed E-state index contributed by atoms with van der Waals surface area (Å²) in [7, 11) is 0. The van der Waals surface area contributed by atoms with E-state index in [0.717, 1.165) is 31.6 Å². The molecule has 0 aromatic heterocycles. The maximum atomic E-state index is 9.42. The Morgan fingerprint density at radius 3 is 2.79 bits per heavy atom. The molecule has 2 N–H and O–H groups in total. The molecule has 0 saturated carbocycles. The molecule has 2 rings (SSSR count). The molecule has 3 nitrogen and oxygen atoms in total. The van der Waals surface area contributed by atoms with Crippen molar-refractivity contribution in [2.24, 2.45) is 5.73 Å². The van der Waals surface area contributed by atoms with Crippen LogP contribution in [0.2, 0.25) is 0 Å². The van der Waals surface area contributed by atoms with Gasteiger partial charge in [-0.15, -0.1) is 0 Å². The van der Waals surface area contributed by atoms with Crippen molar-refractivity contribution >= 4 is 0 Å². The zero-order valence-corrected chi connectivity index (χ0v) is 11.5. The molecule has 1 saturated heterocycles. The highest BCUT2D eigenvalue weighted by molar-refractivity contribution is 5.25. The maximum Gasteiger partial charge on any atom is 0.0839 e. The van der Waals surface area contributed by atoms with E-state index in [1.807, 2.05) is 18.2 Å². The third kappa shape index (κ3) is 3.79. The standard InChI is InChI=1S/C16H23N3/c17-10-9-16-8-4-5-11-19(16)13-15(12-18)14-6-2-1-3-7-14/h1-3,6-7,15-16H,4-5,8-11,13,17H2. The molecule has 102 valence electrons. The molecule has 19 heavy (non-hydrogen) atoms. The Kier molecular flexibility index (Phi) is 5.38. The zero-order valence-electron chi connectivity index (χ0n) is 11.5. The highest BCUT2D eigenvalue weighted by Gasteiger charge is 2.24. The van der Waals surface area contributed by atoms with Gasteiger partial charge in [0, 0.05) is 12.6 Å². The molecule has 1 aliphatic rings. The Morgan fingerprint density at radius 1 is 1.32 bits per heavy atom. The number of rotatable bonds is 5. The van der Waals surface area contributed by atoms with Crippen molar-refractivity contribution in [3.63, 3.8) is 0 Å². The van der Waals surface area contributed by atoms with Crippen LogP contribution < -0.4 is 5.73 Å². The third-order valence-electron chi connectivity index (χ3n) is 4.02. The number of nitrogens with two attached hydrogens (primary N) is 1. The van der Waals surface area contributed by atoms with Crippen LogP contribution >= 0.6 is 0 Å². The average molecular weight is 257 g/mol. The molecule has 1 fully saturated rings. The first-order chi connectivity index (χ1) is 9.35. The van der Waals surface area contributed by atoms with Gasteiger partial charge in [-0.2, -0.15) is 5.26 Å². The lowest BCUT2D eigenvalue weighted by Crippen LogP contribution is -2.42. The molecular weight excluding hydrogens is 234 g/mol. The van der Waals surface area contributed by atoms with Gasteiger partial charge in [-0.05, 0) is 37.9 Å². The van der Waals surface area contributed by atoms with E-state index in [2.05, 4.69) is 23.1 Å². The lowest BCUT2D eigenvalue weighted by Gasteiger charge is -2.36. The first-order valence-corrected chi connectivity index (χ1v) is 7.24. The van der Waals surface area contributed by atoms with E-state index in [-0.39, 0.29) is 5.92 Å². The molecule has 0 bridgehead atoms. The minimum atomic E-state index is -0.0282. The minimum absolute atomic E-state index is 0.0282. The minimum Gasteiger partial charge on any atom is -0.330 e. The molecule has 0 aliphatic carbocycles. The first kappa shape index (κ1) is 14.0. The summed E-state index contributed by atoms with van der Waals surface area (Å²) in [5.74, 6) is -0.0282. The number of nitrogens with zero attached hydrogens (tertiary/aromatic N) is 2. The van der Waals surface area contributed by atoms with Crippen LogP contribution in [-0.2, 0) is 0 Å². The van der Waals surface area contributed by atoms with Crippen molar-refractivity contribution in [2.75, 3.05) is 19.6 Å². The van der Waals surface area contributed by atoms with E-state index in [0.29, 0.717) is 6.04 Å². The molecular formula is C16H23N3. The Morgan fingerprint density at radius 2 is 2.11 bits per heavy atom. The van der Waals surface area contributed by atoms with Gasteiger partial charge in [0.05, 0.1) is 12.0 Å². The van der Waals surface area contributed by atoms with Crippen LogP contribution in [0.5, 0.6) is 0 Å². The van der Waals surface area contributed by atoms with E-state index in [1.165, 1.54) is 19.3 Å². The van der Waals surface area contributed by atoms with E-state index >= 15 is 0 Å². The molecule has 2 atom stereocenters. The van der Waals surface area contributed by atoms with Crippen molar-refractivity contribution in [1.82, 2.24) is 4.90 Å². The molecule has 1 aromatic rings. The van der Waals surface area contributed by atoms with E-state index in [4.69, 9.17) is 5.73 Å². The monoisotopic (exact) mass is 257 g/mol. The molecule has 2 unspecified atom stereocenters. The SMILES string of the molecule is N#CC(CN1CCCCC1CCN)c1ccccc1. The number of hydrogen-bond acceptors (Lipinski definition) is 3. The van der Waals surface area contributed by atoms with Crippen molar-refractivity contribution in [3.05, 3.63) is 35.9 Å². The van der Waals surface area contributed by atoms with Crippen LogP contribution in [0.4, 0.5) is 0 Å². The van der Waals surface area contributed by atoms with Crippen LogP contribution in [0.25, 0.3) is 0 Å². The van der Waals surface area contributed by atoms with Gasteiger partial charge >= 0.3 is 0 Å². The van der Waals surface area contributed by atoms with Gasteiger partial charge in [0.2, 0.25) is 0 Å². The smallest absolute Gasteiger partial charge is 0.0839 e. The molecule has 1 aliphatic heterocycles. The molecule has 0 radical (unpaired) electrons. The van der Waals surface area contributed by atoms with Crippen LogP contribution in [-0.4, -0.2) is 30.6 Å². The van der Waals surface area contributed by atoms with Gasteiger partial charge in [0.15, 0.2) is 0 Å². The Labute approximate surface area is 116 Å². The second kappa shape index (κ2) is 7.28. The second-order valence-electron chi connectivity index (χ2n) is 5.31. The van der Waals surface area contributed by atoms with Gasteiger partial charge < -0.3 is 5.73 Å². The number of likely N-dealkylation sites (tertiary alicyclic amines) is 1. The second-order valence-corrected chi connectivity index (χ2v) is 5.31. The number of hydrogen-bond donors (Lipinski definition) is 1.